The van der Waals surface area contributed by atoms with E-state index in [1.54, 1.807) is 6.08 Å². The molecule has 0 heterocycles. The Morgan fingerprint density at radius 3 is 2.55 bits per heavy atom. The largest absolute Gasteiger partial charge is 0.485 e. The molecule has 4 nitrogen and oxygen atoms in total. The van der Waals surface area contributed by atoms with Crippen molar-refractivity contribution in [3.63, 3.8) is 0 Å². The van der Waals surface area contributed by atoms with Crippen molar-refractivity contribution < 1.29 is 9.53 Å². The summed E-state index contributed by atoms with van der Waals surface area (Å²) in [7, 11) is 0. The van der Waals surface area contributed by atoms with Gasteiger partial charge in [0.05, 0.1) is 6.42 Å². The molecule has 4 heteroatoms. The van der Waals surface area contributed by atoms with Gasteiger partial charge in [-0.05, 0) is 35.2 Å². The van der Waals surface area contributed by atoms with Crippen molar-refractivity contribution in [2.75, 3.05) is 0 Å². The molecule has 1 atom stereocenters. The maximum Gasteiger partial charge on any atom is 0.221 e. The maximum absolute atomic E-state index is 11.2. The Labute approximate surface area is 129 Å². The fourth-order valence-corrected chi connectivity index (χ4v) is 2.26. The number of benzene rings is 2. The lowest BCUT2D eigenvalue weighted by Crippen LogP contribution is -2.17. The highest BCUT2D eigenvalue weighted by Crippen LogP contribution is 2.27. The molecule has 0 saturated carbocycles. The van der Waals surface area contributed by atoms with E-state index in [9.17, 15) is 4.79 Å². The molecule has 0 spiro atoms. The second-order valence-electron chi connectivity index (χ2n) is 4.85. The van der Waals surface area contributed by atoms with Crippen LogP contribution in [0.15, 0.2) is 60.7 Å². The zero-order chi connectivity index (χ0) is 15.8. The Morgan fingerprint density at radius 1 is 1.18 bits per heavy atom. The van der Waals surface area contributed by atoms with Crippen LogP contribution in [0, 0.1) is 5.41 Å². The summed E-state index contributed by atoms with van der Waals surface area (Å²) in [5, 5.41) is 7.07. The van der Waals surface area contributed by atoms with E-state index in [2.05, 4.69) is 5.87 Å². The minimum Gasteiger partial charge on any atom is -0.485 e. The minimum atomic E-state index is -0.381. The number of hydrogen-bond donors (Lipinski definition) is 2. The molecule has 0 aliphatic heterocycles. The van der Waals surface area contributed by atoms with Crippen LogP contribution >= 0.6 is 0 Å². The fraction of sp³-hybridized carbons (Fsp3) is 0.167. The van der Waals surface area contributed by atoms with Crippen molar-refractivity contribution in [2.24, 2.45) is 5.73 Å². The van der Waals surface area contributed by atoms with Crippen molar-refractivity contribution in [3.05, 3.63) is 71.8 Å². The number of ether oxygens (including phenoxy) is 1. The molecule has 2 rings (SSSR count). The van der Waals surface area contributed by atoms with Gasteiger partial charge in [-0.15, -0.1) is 0 Å². The van der Waals surface area contributed by atoms with E-state index in [1.165, 1.54) is 0 Å². The highest BCUT2D eigenvalue weighted by Gasteiger charge is 2.17. The number of rotatable bonds is 7. The molecule has 0 bridgehead atoms. The summed E-state index contributed by atoms with van der Waals surface area (Å²) >= 11 is 0. The lowest BCUT2D eigenvalue weighted by atomic mass is 9.97. The van der Waals surface area contributed by atoms with E-state index in [4.69, 9.17) is 15.9 Å². The monoisotopic (exact) mass is 294 g/mol. The van der Waals surface area contributed by atoms with Crippen LogP contribution in [0.3, 0.4) is 0 Å². The lowest BCUT2D eigenvalue weighted by Gasteiger charge is -2.20. The Hall–Kier alpha value is -2.84. The van der Waals surface area contributed by atoms with E-state index >= 15 is 0 Å². The van der Waals surface area contributed by atoms with Crippen LogP contribution in [0.2, 0.25) is 0 Å². The number of carbonyl (C=O) groups excluding carboxylic acids is 1. The van der Waals surface area contributed by atoms with Crippen molar-refractivity contribution in [1.29, 1.82) is 5.41 Å². The Balaban J connectivity index is 2.32. The minimum absolute atomic E-state index is 0.166. The van der Waals surface area contributed by atoms with Crippen molar-refractivity contribution in [1.82, 2.24) is 0 Å². The van der Waals surface area contributed by atoms with Gasteiger partial charge < -0.3 is 10.5 Å². The maximum atomic E-state index is 11.2. The van der Waals surface area contributed by atoms with E-state index in [-0.39, 0.29) is 18.4 Å². The Morgan fingerprint density at radius 2 is 1.86 bits per heavy atom. The number of para-hydroxylation sites is 1. The van der Waals surface area contributed by atoms with Crippen LogP contribution in [-0.2, 0) is 11.2 Å². The van der Waals surface area contributed by atoms with Gasteiger partial charge in [0.15, 0.2) is 0 Å². The average Bonchev–Trinajstić information content (AvgIpc) is 2.52. The topological polar surface area (TPSA) is 76.2 Å². The summed E-state index contributed by atoms with van der Waals surface area (Å²) in [6, 6.07) is 17.0. The van der Waals surface area contributed by atoms with Crippen LogP contribution in [0.5, 0.6) is 5.75 Å². The van der Waals surface area contributed by atoms with Gasteiger partial charge in [0, 0.05) is 6.42 Å². The van der Waals surface area contributed by atoms with E-state index < -0.39 is 0 Å². The van der Waals surface area contributed by atoms with Gasteiger partial charge in [-0.2, -0.15) is 0 Å². The molecular weight excluding hydrogens is 276 g/mol. The predicted octanol–water partition coefficient (Wildman–Crippen LogP) is 3.03. The Kier molecular flexibility index (Phi) is 5.52. The number of amides is 1. The first-order valence-corrected chi connectivity index (χ1v) is 7.02. The first-order valence-electron chi connectivity index (χ1n) is 7.02. The third kappa shape index (κ3) is 4.33. The molecule has 0 aromatic heterocycles. The van der Waals surface area contributed by atoms with Crippen LogP contribution in [0.25, 0.3) is 0 Å². The van der Waals surface area contributed by atoms with Crippen molar-refractivity contribution in [2.45, 2.75) is 18.9 Å². The van der Waals surface area contributed by atoms with Gasteiger partial charge >= 0.3 is 0 Å². The molecule has 3 N–H and O–H groups in total. The molecule has 22 heavy (non-hydrogen) atoms. The van der Waals surface area contributed by atoms with Gasteiger partial charge in [0.2, 0.25) is 5.91 Å². The summed E-state index contributed by atoms with van der Waals surface area (Å²) in [6.45, 7) is 0. The molecular formula is C18H18N2O2. The van der Waals surface area contributed by atoms with E-state index in [0.717, 1.165) is 16.9 Å². The lowest BCUT2D eigenvalue weighted by molar-refractivity contribution is -0.117. The number of nitrogens with one attached hydrogen (secondary N) is 1. The molecule has 0 radical (unpaired) electrons. The molecule has 2 aromatic rings. The normalized spacial score (nSPS) is 11.3. The third-order valence-electron chi connectivity index (χ3n) is 3.22. The van der Waals surface area contributed by atoms with E-state index in [1.807, 2.05) is 54.6 Å². The number of hydrogen-bond acceptors (Lipinski definition) is 3. The van der Waals surface area contributed by atoms with Gasteiger partial charge in [-0.25, -0.2) is 0 Å². The zero-order valence-electron chi connectivity index (χ0n) is 12.2. The molecule has 112 valence electrons. The predicted molar refractivity (Wildman–Crippen MR) is 86.1 cm³/mol. The molecule has 0 saturated heterocycles. The fourth-order valence-electron chi connectivity index (χ4n) is 2.26. The second kappa shape index (κ2) is 7.81. The highest BCUT2D eigenvalue weighted by molar-refractivity contribution is 5.77. The van der Waals surface area contributed by atoms with Crippen LogP contribution < -0.4 is 10.5 Å². The van der Waals surface area contributed by atoms with Crippen LogP contribution in [-0.4, -0.2) is 11.8 Å². The van der Waals surface area contributed by atoms with Gasteiger partial charge in [-0.1, -0.05) is 42.5 Å². The standard InChI is InChI=1S/C18H18N2O2/c19-12-6-11-17(22-15-8-2-1-3-9-15)16-10-5-4-7-14(16)13-18(20)21/h1-10,17,19H,11,13H2,(H2,20,21). The zero-order valence-corrected chi connectivity index (χ0v) is 12.2. The molecule has 0 fully saturated rings. The quantitative estimate of drug-likeness (QED) is 0.770. The first kappa shape index (κ1) is 15.5. The summed E-state index contributed by atoms with van der Waals surface area (Å²) in [6.07, 6.45) is 1.97. The summed E-state index contributed by atoms with van der Waals surface area (Å²) in [5.74, 6) is 2.62. The van der Waals surface area contributed by atoms with Crippen LogP contribution in [0.1, 0.15) is 23.7 Å². The molecule has 1 amide bonds. The van der Waals surface area contributed by atoms with Crippen LogP contribution in [0.4, 0.5) is 0 Å². The van der Waals surface area contributed by atoms with Crippen molar-refractivity contribution >= 4 is 11.8 Å². The van der Waals surface area contributed by atoms with Gasteiger partial charge in [0.25, 0.3) is 0 Å². The summed E-state index contributed by atoms with van der Waals surface area (Å²) < 4.78 is 6.02. The first-order chi connectivity index (χ1) is 10.7. The molecule has 0 aliphatic rings. The van der Waals surface area contributed by atoms with E-state index in [0.29, 0.717) is 6.42 Å². The SMILES string of the molecule is N=C=CCC(Oc1ccccc1)c1ccccc1CC(N)=O. The van der Waals surface area contributed by atoms with Gasteiger partial charge in [-0.3, -0.25) is 10.2 Å². The summed E-state index contributed by atoms with van der Waals surface area (Å²) in [4.78, 5) is 11.2. The molecule has 2 aromatic carbocycles. The second-order valence-corrected chi connectivity index (χ2v) is 4.85. The van der Waals surface area contributed by atoms with Crippen molar-refractivity contribution in [3.8, 4) is 5.75 Å². The molecule has 0 aliphatic carbocycles. The smallest absolute Gasteiger partial charge is 0.221 e. The highest BCUT2D eigenvalue weighted by atomic mass is 16.5. The summed E-state index contributed by atoms with van der Waals surface area (Å²) in [5.41, 5.74) is 7.06. The van der Waals surface area contributed by atoms with Gasteiger partial charge in [0.1, 0.15) is 11.9 Å². The molecule has 1 unspecified atom stereocenters. The number of carbonyl (C=O) groups is 1. The number of nitrogens with two attached hydrogens (primary N) is 1. The average molecular weight is 294 g/mol. The number of primary amides is 1. The Bertz CT molecular complexity index is 676. The third-order valence-corrected chi connectivity index (χ3v) is 3.22.